The van der Waals surface area contributed by atoms with Crippen LogP contribution in [0.25, 0.3) is 0 Å². The normalized spacial score (nSPS) is 16.5. The van der Waals surface area contributed by atoms with E-state index in [1.54, 1.807) is 0 Å². The SMILES string of the molecule is CCc1ccc2c(c1CC)=Nc1ccccc1S=2I. The van der Waals surface area contributed by atoms with E-state index in [1.165, 1.54) is 25.9 Å². The van der Waals surface area contributed by atoms with Crippen molar-refractivity contribution in [2.45, 2.75) is 31.6 Å². The maximum Gasteiger partial charge on any atom is 0.0810 e. The summed E-state index contributed by atoms with van der Waals surface area (Å²) in [5, 5.41) is 1.23. The van der Waals surface area contributed by atoms with Crippen LogP contribution >= 0.6 is 28.9 Å². The average molecular weight is 381 g/mol. The van der Waals surface area contributed by atoms with Crippen molar-refractivity contribution < 1.29 is 0 Å². The molecule has 0 saturated carbocycles. The standard InChI is InChI=1S/C16H16INS/c1-3-11-9-10-15-16(12(11)4-2)18-13-7-5-6-8-14(13)19(15)17/h5-10H,3-4H2,1-2H3. The van der Waals surface area contributed by atoms with E-state index in [1.807, 2.05) is 0 Å². The molecule has 0 radical (unpaired) electrons. The molecule has 0 spiro atoms. The van der Waals surface area contributed by atoms with Gasteiger partial charge in [-0.3, -0.25) is 0 Å². The average Bonchev–Trinajstić information content (AvgIpc) is 2.46. The molecule has 0 N–H and O–H groups in total. The fraction of sp³-hybridized carbons (Fsp3) is 0.250. The highest BCUT2D eigenvalue weighted by molar-refractivity contribution is 14.2. The number of hydrogen-bond donors (Lipinski definition) is 0. The van der Waals surface area contributed by atoms with Gasteiger partial charge in [0.2, 0.25) is 0 Å². The predicted octanol–water partition coefficient (Wildman–Crippen LogP) is 5.00. The lowest BCUT2D eigenvalue weighted by atomic mass is 10.0. The second-order valence-electron chi connectivity index (χ2n) is 4.59. The third-order valence-electron chi connectivity index (χ3n) is 3.56. The summed E-state index contributed by atoms with van der Waals surface area (Å²) in [7, 11) is 0.114. The molecule has 1 atom stereocenters. The minimum atomic E-state index is 0.114. The lowest BCUT2D eigenvalue weighted by molar-refractivity contribution is 1.00. The van der Waals surface area contributed by atoms with E-state index in [-0.39, 0.29) is 7.66 Å². The fourth-order valence-corrected chi connectivity index (χ4v) is 6.03. The number of benzene rings is 2. The maximum atomic E-state index is 4.94. The first-order chi connectivity index (χ1) is 9.26. The van der Waals surface area contributed by atoms with Crippen molar-refractivity contribution in [1.82, 2.24) is 0 Å². The predicted molar refractivity (Wildman–Crippen MR) is 91.2 cm³/mol. The third kappa shape index (κ3) is 2.17. The first-order valence-electron chi connectivity index (χ1n) is 6.62. The molecule has 3 rings (SSSR count). The monoisotopic (exact) mass is 381 g/mol. The summed E-state index contributed by atoms with van der Waals surface area (Å²) < 4.78 is 1.40. The molecular weight excluding hydrogens is 365 g/mol. The van der Waals surface area contributed by atoms with Crippen LogP contribution in [-0.4, -0.2) is 0 Å². The fourth-order valence-electron chi connectivity index (χ4n) is 2.59. The van der Waals surface area contributed by atoms with Gasteiger partial charge in [0.25, 0.3) is 0 Å². The van der Waals surface area contributed by atoms with Crippen molar-refractivity contribution in [1.29, 1.82) is 0 Å². The lowest BCUT2D eigenvalue weighted by Crippen LogP contribution is -2.15. The highest BCUT2D eigenvalue weighted by Crippen LogP contribution is 2.44. The molecule has 2 aromatic carbocycles. The van der Waals surface area contributed by atoms with E-state index in [0.29, 0.717) is 0 Å². The highest BCUT2D eigenvalue weighted by Gasteiger charge is 2.13. The van der Waals surface area contributed by atoms with Gasteiger partial charge in [-0.2, -0.15) is 0 Å². The molecule has 0 fully saturated rings. The second-order valence-corrected chi connectivity index (χ2v) is 8.63. The number of hydrogen-bond acceptors (Lipinski definition) is 1. The Balaban J connectivity index is 2.44. The largest absolute Gasteiger partial charge is 0.246 e. The summed E-state index contributed by atoms with van der Waals surface area (Å²) in [6.45, 7) is 4.46. The van der Waals surface area contributed by atoms with Gasteiger partial charge in [-0.05, 0) is 63.4 Å². The summed E-state index contributed by atoms with van der Waals surface area (Å²) in [5.74, 6) is 0. The van der Waals surface area contributed by atoms with Gasteiger partial charge < -0.3 is 0 Å². The van der Waals surface area contributed by atoms with E-state index >= 15 is 0 Å². The zero-order valence-corrected chi connectivity index (χ0v) is 14.1. The summed E-state index contributed by atoms with van der Waals surface area (Å²) in [5.41, 5.74) is 4.03. The van der Waals surface area contributed by atoms with Gasteiger partial charge >= 0.3 is 0 Å². The molecule has 0 aromatic heterocycles. The third-order valence-corrected chi connectivity index (χ3v) is 7.85. The maximum absolute atomic E-state index is 4.94. The Kier molecular flexibility index (Phi) is 3.76. The van der Waals surface area contributed by atoms with Crippen LogP contribution in [0.5, 0.6) is 0 Å². The van der Waals surface area contributed by atoms with Crippen LogP contribution in [0.4, 0.5) is 5.69 Å². The molecule has 0 saturated heterocycles. The first kappa shape index (κ1) is 13.3. The molecule has 0 amide bonds. The zero-order valence-electron chi connectivity index (χ0n) is 11.1. The smallest absolute Gasteiger partial charge is 0.0810 e. The Bertz CT molecular complexity index is 765. The Morgan fingerprint density at radius 2 is 1.84 bits per heavy atom. The Labute approximate surface area is 128 Å². The number of nitrogens with zero attached hydrogens (tertiary/aromatic N) is 1. The van der Waals surface area contributed by atoms with Crippen molar-refractivity contribution in [2.24, 2.45) is 4.99 Å². The van der Waals surface area contributed by atoms with E-state index < -0.39 is 0 Å². The van der Waals surface area contributed by atoms with E-state index in [9.17, 15) is 0 Å². The number of fused-ring (bicyclic) bond motifs is 2. The Morgan fingerprint density at radius 1 is 1.05 bits per heavy atom. The number of rotatable bonds is 2. The minimum Gasteiger partial charge on any atom is -0.246 e. The molecule has 98 valence electrons. The van der Waals surface area contributed by atoms with Crippen LogP contribution < -0.4 is 5.36 Å². The first-order valence-corrected chi connectivity index (χ1v) is 10.4. The molecule has 3 heteroatoms. The number of aryl methyl sites for hydroxylation is 1. The van der Waals surface area contributed by atoms with Crippen LogP contribution in [0.2, 0.25) is 0 Å². The minimum absolute atomic E-state index is 0.114. The van der Waals surface area contributed by atoms with E-state index in [2.05, 4.69) is 71.5 Å². The van der Waals surface area contributed by atoms with Crippen molar-refractivity contribution >= 4 is 34.5 Å². The second kappa shape index (κ2) is 5.37. The molecule has 0 bridgehead atoms. The molecule has 1 aliphatic rings. The molecule has 2 aromatic rings. The lowest BCUT2D eigenvalue weighted by Gasteiger charge is -2.14. The van der Waals surface area contributed by atoms with Gasteiger partial charge in [0.1, 0.15) is 0 Å². The van der Waals surface area contributed by atoms with Crippen molar-refractivity contribution in [3.63, 3.8) is 0 Å². The van der Waals surface area contributed by atoms with Crippen LogP contribution in [-0.2, 0) is 12.8 Å². The van der Waals surface area contributed by atoms with E-state index in [4.69, 9.17) is 4.99 Å². The molecule has 1 heterocycles. The molecule has 1 aliphatic heterocycles. The topological polar surface area (TPSA) is 12.4 Å². The molecule has 1 unspecified atom stereocenters. The Morgan fingerprint density at radius 3 is 2.58 bits per heavy atom. The van der Waals surface area contributed by atoms with Gasteiger partial charge in [0, 0.05) is 9.41 Å². The van der Waals surface area contributed by atoms with Crippen molar-refractivity contribution in [2.75, 3.05) is 0 Å². The van der Waals surface area contributed by atoms with Crippen molar-refractivity contribution in [3.05, 3.63) is 57.4 Å². The van der Waals surface area contributed by atoms with Gasteiger partial charge in [-0.15, -0.1) is 0 Å². The van der Waals surface area contributed by atoms with E-state index in [0.717, 1.165) is 18.5 Å². The molecule has 1 nitrogen and oxygen atoms in total. The molecule has 19 heavy (non-hydrogen) atoms. The summed E-state index contributed by atoms with van der Waals surface area (Å²) >= 11 is 2.56. The van der Waals surface area contributed by atoms with Gasteiger partial charge in [0.15, 0.2) is 0 Å². The molecular formula is C16H16INS. The number of para-hydroxylation sites is 1. The zero-order chi connectivity index (χ0) is 13.4. The van der Waals surface area contributed by atoms with Gasteiger partial charge in [0.05, 0.1) is 11.0 Å². The number of halogens is 1. The quantitative estimate of drug-likeness (QED) is 0.513. The van der Waals surface area contributed by atoms with Crippen molar-refractivity contribution in [3.8, 4) is 0 Å². The summed E-state index contributed by atoms with van der Waals surface area (Å²) in [4.78, 5) is 6.30. The van der Waals surface area contributed by atoms with Crippen LogP contribution in [0.15, 0.2) is 46.3 Å². The van der Waals surface area contributed by atoms with Gasteiger partial charge in [-0.1, -0.05) is 39.7 Å². The van der Waals surface area contributed by atoms with Crippen LogP contribution in [0.1, 0.15) is 25.0 Å². The van der Waals surface area contributed by atoms with Gasteiger partial charge in [-0.25, -0.2) is 4.99 Å². The molecule has 0 aliphatic carbocycles. The summed E-state index contributed by atoms with van der Waals surface area (Å²) in [6.07, 6.45) is 2.15. The summed E-state index contributed by atoms with van der Waals surface area (Å²) in [6, 6.07) is 13.1. The highest BCUT2D eigenvalue weighted by atomic mass is 127. The van der Waals surface area contributed by atoms with Crippen LogP contribution in [0.3, 0.4) is 0 Å². The Hall–Kier alpha value is -0.680. The van der Waals surface area contributed by atoms with Crippen LogP contribution in [0, 0.1) is 4.51 Å².